The molecular weight excluding hydrogens is 336 g/mol. The van der Waals surface area contributed by atoms with Crippen LogP contribution in [-0.4, -0.2) is 4.92 Å². The van der Waals surface area contributed by atoms with E-state index < -0.39 is 4.92 Å². The molecule has 2 aromatic carbocycles. The number of nitro groups is 1. The van der Waals surface area contributed by atoms with Crippen LogP contribution in [0.3, 0.4) is 0 Å². The number of nitrogens with one attached hydrogen (secondary N) is 1. The van der Waals surface area contributed by atoms with Crippen LogP contribution in [0, 0.1) is 10.1 Å². The van der Waals surface area contributed by atoms with E-state index in [1.807, 2.05) is 36.4 Å². The van der Waals surface area contributed by atoms with Crippen LogP contribution < -0.4 is 5.32 Å². The molecule has 0 spiro atoms. The summed E-state index contributed by atoms with van der Waals surface area (Å²) < 4.78 is 6.16. The minimum absolute atomic E-state index is 0.243. The van der Waals surface area contributed by atoms with Gasteiger partial charge in [-0.05, 0) is 23.6 Å². The lowest BCUT2D eigenvalue weighted by Gasteiger charge is -2.09. The number of anilines is 1. The third-order valence-corrected chi connectivity index (χ3v) is 3.84. The minimum Gasteiger partial charge on any atom is -0.404 e. The van der Waals surface area contributed by atoms with Crippen molar-refractivity contribution in [1.82, 2.24) is 0 Å². The molecule has 0 saturated heterocycles. The first-order valence-corrected chi connectivity index (χ1v) is 7.08. The topological polar surface area (TPSA) is 68.3 Å². The van der Waals surface area contributed by atoms with Gasteiger partial charge in [-0.2, -0.15) is 0 Å². The summed E-state index contributed by atoms with van der Waals surface area (Å²) >= 11 is 3.53. The highest BCUT2D eigenvalue weighted by Gasteiger charge is 2.12. The summed E-state index contributed by atoms with van der Waals surface area (Å²) in [6.45, 7) is 0.388. The van der Waals surface area contributed by atoms with Crippen LogP contribution in [0.25, 0.3) is 10.8 Å². The maximum atomic E-state index is 10.6. The standard InChI is InChI=1S/C15H11BrN2O3/c16-13-6-7-14(12-4-2-1-3-11(12)13)17-9-10-5-8-15(21-10)18(19)20/h1-8,17H,9H2. The van der Waals surface area contributed by atoms with Gasteiger partial charge in [-0.25, -0.2) is 0 Å². The van der Waals surface area contributed by atoms with E-state index in [4.69, 9.17) is 4.42 Å². The lowest BCUT2D eigenvalue weighted by molar-refractivity contribution is -0.402. The Hall–Kier alpha value is -2.34. The van der Waals surface area contributed by atoms with Crippen molar-refractivity contribution in [3.05, 3.63) is 68.9 Å². The van der Waals surface area contributed by atoms with Crippen LogP contribution in [0.15, 0.2) is 57.4 Å². The number of hydrogen-bond donors (Lipinski definition) is 1. The zero-order chi connectivity index (χ0) is 14.8. The molecule has 0 amide bonds. The van der Waals surface area contributed by atoms with Gasteiger partial charge in [0.25, 0.3) is 0 Å². The van der Waals surface area contributed by atoms with E-state index in [-0.39, 0.29) is 5.88 Å². The Kier molecular flexibility index (Phi) is 3.62. The van der Waals surface area contributed by atoms with E-state index in [0.717, 1.165) is 20.9 Å². The van der Waals surface area contributed by atoms with Gasteiger partial charge in [-0.15, -0.1) is 0 Å². The molecule has 6 heteroatoms. The van der Waals surface area contributed by atoms with Crippen molar-refractivity contribution in [3.63, 3.8) is 0 Å². The summed E-state index contributed by atoms with van der Waals surface area (Å²) in [4.78, 5) is 10.0. The maximum Gasteiger partial charge on any atom is 0.433 e. The van der Waals surface area contributed by atoms with Crippen LogP contribution in [0.2, 0.25) is 0 Å². The highest BCUT2D eigenvalue weighted by atomic mass is 79.9. The van der Waals surface area contributed by atoms with Gasteiger partial charge in [0.2, 0.25) is 0 Å². The third kappa shape index (κ3) is 2.75. The molecule has 0 atom stereocenters. The van der Waals surface area contributed by atoms with Crippen molar-refractivity contribution in [2.45, 2.75) is 6.54 Å². The number of furan rings is 1. The summed E-state index contributed by atoms with van der Waals surface area (Å²) in [7, 11) is 0. The van der Waals surface area contributed by atoms with Crippen molar-refractivity contribution in [1.29, 1.82) is 0 Å². The molecule has 1 N–H and O–H groups in total. The Labute approximate surface area is 128 Å². The van der Waals surface area contributed by atoms with E-state index in [1.54, 1.807) is 6.07 Å². The molecule has 0 fully saturated rings. The molecule has 1 heterocycles. The summed E-state index contributed by atoms with van der Waals surface area (Å²) in [6.07, 6.45) is 0. The van der Waals surface area contributed by atoms with Crippen LogP contribution in [0.5, 0.6) is 0 Å². The molecule has 0 radical (unpaired) electrons. The summed E-state index contributed by atoms with van der Waals surface area (Å²) in [5.74, 6) is 0.279. The fourth-order valence-corrected chi connectivity index (χ4v) is 2.64. The number of nitrogens with zero attached hydrogens (tertiary/aromatic N) is 1. The predicted octanol–water partition coefficient (Wildman–Crippen LogP) is 4.72. The van der Waals surface area contributed by atoms with E-state index in [1.165, 1.54) is 6.07 Å². The monoisotopic (exact) mass is 346 g/mol. The van der Waals surface area contributed by atoms with E-state index in [9.17, 15) is 10.1 Å². The van der Waals surface area contributed by atoms with Crippen LogP contribution >= 0.6 is 15.9 Å². The second kappa shape index (κ2) is 5.57. The SMILES string of the molecule is O=[N+]([O-])c1ccc(CNc2ccc(Br)c3ccccc23)o1. The average Bonchev–Trinajstić information content (AvgIpc) is 2.96. The zero-order valence-corrected chi connectivity index (χ0v) is 12.5. The molecule has 21 heavy (non-hydrogen) atoms. The van der Waals surface area contributed by atoms with Crippen LogP contribution in [0.1, 0.15) is 5.76 Å². The van der Waals surface area contributed by atoms with Crippen molar-refractivity contribution in [3.8, 4) is 0 Å². The number of hydrogen-bond acceptors (Lipinski definition) is 4. The Balaban J connectivity index is 1.85. The normalized spacial score (nSPS) is 10.7. The molecule has 3 rings (SSSR count). The molecule has 0 unspecified atom stereocenters. The summed E-state index contributed by atoms with van der Waals surface area (Å²) in [5, 5.41) is 16.0. The molecule has 106 valence electrons. The van der Waals surface area contributed by atoms with E-state index in [0.29, 0.717) is 12.3 Å². The number of benzene rings is 2. The number of halogens is 1. The first kappa shape index (κ1) is 13.6. The molecule has 0 bridgehead atoms. The first-order chi connectivity index (χ1) is 10.1. The lowest BCUT2D eigenvalue weighted by Crippen LogP contribution is -1.99. The average molecular weight is 347 g/mol. The summed E-state index contributed by atoms with van der Waals surface area (Å²) in [5.41, 5.74) is 0.952. The predicted molar refractivity (Wildman–Crippen MR) is 84.3 cm³/mol. The summed E-state index contributed by atoms with van der Waals surface area (Å²) in [6, 6.07) is 14.9. The second-order valence-electron chi connectivity index (χ2n) is 4.49. The minimum atomic E-state index is -0.543. The maximum absolute atomic E-state index is 10.6. The van der Waals surface area contributed by atoms with E-state index >= 15 is 0 Å². The van der Waals surface area contributed by atoms with Gasteiger partial charge in [0.15, 0.2) is 0 Å². The van der Waals surface area contributed by atoms with Crippen LogP contribution in [0.4, 0.5) is 11.6 Å². The molecule has 5 nitrogen and oxygen atoms in total. The van der Waals surface area contributed by atoms with Gasteiger partial charge < -0.3 is 9.73 Å². The Morgan fingerprint density at radius 2 is 1.86 bits per heavy atom. The Morgan fingerprint density at radius 3 is 2.57 bits per heavy atom. The van der Waals surface area contributed by atoms with E-state index in [2.05, 4.69) is 21.2 Å². The van der Waals surface area contributed by atoms with Gasteiger partial charge in [-0.1, -0.05) is 40.2 Å². The molecule has 0 saturated carbocycles. The van der Waals surface area contributed by atoms with Gasteiger partial charge >= 0.3 is 5.88 Å². The molecule has 0 aliphatic rings. The van der Waals surface area contributed by atoms with Gasteiger partial charge in [0, 0.05) is 15.5 Å². The lowest BCUT2D eigenvalue weighted by atomic mass is 10.1. The Morgan fingerprint density at radius 1 is 1.10 bits per heavy atom. The highest BCUT2D eigenvalue weighted by Crippen LogP contribution is 2.30. The van der Waals surface area contributed by atoms with Crippen molar-refractivity contribution >= 4 is 38.3 Å². The van der Waals surface area contributed by atoms with Crippen molar-refractivity contribution < 1.29 is 9.34 Å². The Bertz CT molecular complexity index is 814. The van der Waals surface area contributed by atoms with Gasteiger partial charge in [0.05, 0.1) is 12.6 Å². The number of rotatable bonds is 4. The largest absolute Gasteiger partial charge is 0.433 e. The number of fused-ring (bicyclic) bond motifs is 1. The fourth-order valence-electron chi connectivity index (χ4n) is 2.16. The van der Waals surface area contributed by atoms with Gasteiger partial charge in [0.1, 0.15) is 10.7 Å². The first-order valence-electron chi connectivity index (χ1n) is 6.29. The highest BCUT2D eigenvalue weighted by molar-refractivity contribution is 9.10. The van der Waals surface area contributed by atoms with Crippen molar-refractivity contribution in [2.24, 2.45) is 0 Å². The molecule has 1 aromatic heterocycles. The second-order valence-corrected chi connectivity index (χ2v) is 5.35. The van der Waals surface area contributed by atoms with Crippen LogP contribution in [-0.2, 0) is 6.54 Å². The molecule has 0 aliphatic heterocycles. The smallest absolute Gasteiger partial charge is 0.404 e. The fraction of sp³-hybridized carbons (Fsp3) is 0.0667. The quantitative estimate of drug-likeness (QED) is 0.548. The molecule has 0 aliphatic carbocycles. The van der Waals surface area contributed by atoms with Crippen molar-refractivity contribution in [2.75, 3.05) is 5.32 Å². The van der Waals surface area contributed by atoms with Gasteiger partial charge in [-0.3, -0.25) is 10.1 Å². The molecular formula is C15H11BrN2O3. The molecule has 3 aromatic rings. The zero-order valence-electron chi connectivity index (χ0n) is 10.9. The third-order valence-electron chi connectivity index (χ3n) is 3.15.